The summed E-state index contributed by atoms with van der Waals surface area (Å²) < 4.78 is 11.2. The van der Waals surface area contributed by atoms with Crippen molar-refractivity contribution in [2.45, 2.75) is 26.2 Å². The van der Waals surface area contributed by atoms with Gasteiger partial charge in [-0.05, 0) is 24.8 Å². The Morgan fingerprint density at radius 2 is 2.06 bits per heavy atom. The Bertz CT molecular complexity index is 404. The third-order valence-corrected chi connectivity index (χ3v) is 3.27. The summed E-state index contributed by atoms with van der Waals surface area (Å²) >= 11 is 6.26. The van der Waals surface area contributed by atoms with Gasteiger partial charge >= 0.3 is 0 Å². The molecule has 1 aromatic carbocycles. The first kappa shape index (κ1) is 12.5. The van der Waals surface area contributed by atoms with Gasteiger partial charge in [0.15, 0.2) is 11.5 Å². The number of fused-ring (bicyclic) bond motifs is 1. The largest absolute Gasteiger partial charge is 0.486 e. The maximum atomic E-state index is 8.92. The van der Waals surface area contributed by atoms with E-state index >= 15 is 0 Å². The van der Waals surface area contributed by atoms with Crippen LogP contribution in [0.4, 0.5) is 0 Å². The number of benzene rings is 1. The van der Waals surface area contributed by atoms with Gasteiger partial charge in [0.05, 0.1) is 0 Å². The summed E-state index contributed by atoms with van der Waals surface area (Å²) in [6.45, 7) is 3.41. The molecule has 17 heavy (non-hydrogen) atoms. The van der Waals surface area contributed by atoms with Crippen molar-refractivity contribution < 1.29 is 14.6 Å². The molecule has 0 amide bonds. The van der Waals surface area contributed by atoms with Crippen LogP contribution < -0.4 is 9.47 Å². The van der Waals surface area contributed by atoms with Crippen LogP contribution in [0, 0.1) is 0 Å². The Hall–Kier alpha value is -0.930. The summed E-state index contributed by atoms with van der Waals surface area (Å²) in [7, 11) is 0. The number of rotatable bonds is 4. The number of aliphatic hydroxyl groups excluding tert-OH is 1. The van der Waals surface area contributed by atoms with Gasteiger partial charge in [0.2, 0.25) is 0 Å². The highest BCUT2D eigenvalue weighted by Gasteiger charge is 2.20. The number of ether oxygens (including phenoxy) is 2. The van der Waals surface area contributed by atoms with Gasteiger partial charge in [0.1, 0.15) is 13.2 Å². The molecule has 0 aliphatic carbocycles. The van der Waals surface area contributed by atoms with Crippen molar-refractivity contribution in [1.29, 1.82) is 0 Å². The molecule has 0 spiro atoms. The molecule has 1 heterocycles. The Kier molecular flexibility index (Phi) is 4.13. The molecule has 0 saturated carbocycles. The molecule has 0 unspecified atom stereocenters. The molecule has 3 nitrogen and oxygen atoms in total. The SMILES string of the molecule is CCc1c(CCCO)c(Cl)cc2c1OCCO2. The average Bonchev–Trinajstić information content (AvgIpc) is 2.35. The van der Waals surface area contributed by atoms with E-state index in [4.69, 9.17) is 26.2 Å². The number of hydrogen-bond acceptors (Lipinski definition) is 3. The second-order valence-corrected chi connectivity index (χ2v) is 4.43. The van der Waals surface area contributed by atoms with E-state index in [9.17, 15) is 0 Å². The lowest BCUT2D eigenvalue weighted by molar-refractivity contribution is 0.169. The lowest BCUT2D eigenvalue weighted by atomic mass is 9.99. The van der Waals surface area contributed by atoms with Crippen LogP contribution in [0.1, 0.15) is 24.5 Å². The van der Waals surface area contributed by atoms with Crippen molar-refractivity contribution in [3.05, 3.63) is 22.2 Å². The van der Waals surface area contributed by atoms with E-state index in [0.29, 0.717) is 24.7 Å². The van der Waals surface area contributed by atoms with Gasteiger partial charge in [-0.15, -0.1) is 0 Å². The quantitative estimate of drug-likeness (QED) is 0.900. The van der Waals surface area contributed by atoms with E-state index in [1.54, 1.807) is 0 Å². The lowest BCUT2D eigenvalue weighted by Gasteiger charge is -2.23. The van der Waals surface area contributed by atoms with Crippen molar-refractivity contribution in [2.75, 3.05) is 19.8 Å². The lowest BCUT2D eigenvalue weighted by Crippen LogP contribution is -2.17. The van der Waals surface area contributed by atoms with E-state index in [0.717, 1.165) is 35.5 Å². The predicted molar refractivity (Wildman–Crippen MR) is 67.2 cm³/mol. The molecule has 1 N–H and O–H groups in total. The van der Waals surface area contributed by atoms with Gasteiger partial charge in [-0.1, -0.05) is 18.5 Å². The van der Waals surface area contributed by atoms with E-state index in [1.807, 2.05) is 6.07 Å². The number of hydrogen-bond donors (Lipinski definition) is 1. The molecule has 0 aromatic heterocycles. The van der Waals surface area contributed by atoms with Gasteiger partial charge < -0.3 is 14.6 Å². The summed E-state index contributed by atoms with van der Waals surface area (Å²) in [4.78, 5) is 0. The molecule has 1 aliphatic heterocycles. The number of halogens is 1. The van der Waals surface area contributed by atoms with Crippen molar-refractivity contribution in [2.24, 2.45) is 0 Å². The zero-order valence-corrected chi connectivity index (χ0v) is 10.7. The first-order chi connectivity index (χ1) is 8.27. The molecule has 1 aromatic rings. The van der Waals surface area contributed by atoms with E-state index < -0.39 is 0 Å². The van der Waals surface area contributed by atoms with Crippen LogP contribution in [0.3, 0.4) is 0 Å². The highest BCUT2D eigenvalue weighted by molar-refractivity contribution is 6.31. The topological polar surface area (TPSA) is 38.7 Å². The molecule has 0 saturated heterocycles. The summed E-state index contributed by atoms with van der Waals surface area (Å²) in [6, 6.07) is 1.82. The van der Waals surface area contributed by atoms with Crippen LogP contribution in [0.15, 0.2) is 6.07 Å². The standard InChI is InChI=1S/C13H17ClO3/c1-2-9-10(4-3-5-15)11(14)8-12-13(9)17-7-6-16-12/h8,15H,2-7H2,1H3. The summed E-state index contributed by atoms with van der Waals surface area (Å²) in [6.07, 6.45) is 2.34. The predicted octanol–water partition coefficient (Wildman–Crippen LogP) is 2.60. The Labute approximate surface area is 106 Å². The Morgan fingerprint density at radius 3 is 2.76 bits per heavy atom. The first-order valence-electron chi connectivity index (χ1n) is 5.98. The minimum Gasteiger partial charge on any atom is -0.486 e. The van der Waals surface area contributed by atoms with Gasteiger partial charge in [0, 0.05) is 23.3 Å². The smallest absolute Gasteiger partial charge is 0.164 e. The van der Waals surface area contributed by atoms with Crippen molar-refractivity contribution in [3.63, 3.8) is 0 Å². The fourth-order valence-corrected chi connectivity index (χ4v) is 2.47. The van der Waals surface area contributed by atoms with Gasteiger partial charge in [-0.2, -0.15) is 0 Å². The second-order valence-electron chi connectivity index (χ2n) is 4.02. The van der Waals surface area contributed by atoms with Gasteiger partial charge in [0.25, 0.3) is 0 Å². The zero-order chi connectivity index (χ0) is 12.3. The number of aliphatic hydroxyl groups is 1. The zero-order valence-electron chi connectivity index (χ0n) is 9.96. The van der Waals surface area contributed by atoms with Crippen LogP contribution >= 0.6 is 11.6 Å². The molecule has 2 rings (SSSR count). The molecule has 4 heteroatoms. The summed E-state index contributed by atoms with van der Waals surface area (Å²) in [5, 5.41) is 9.63. The van der Waals surface area contributed by atoms with Crippen LogP contribution in [0.2, 0.25) is 5.02 Å². The van der Waals surface area contributed by atoms with E-state index in [-0.39, 0.29) is 6.61 Å². The fourth-order valence-electron chi connectivity index (χ4n) is 2.16. The normalized spacial score (nSPS) is 13.8. The molecule has 0 bridgehead atoms. The molecule has 0 fully saturated rings. The van der Waals surface area contributed by atoms with Crippen LogP contribution in [-0.2, 0) is 12.8 Å². The van der Waals surface area contributed by atoms with Crippen LogP contribution in [0.5, 0.6) is 11.5 Å². The first-order valence-corrected chi connectivity index (χ1v) is 6.36. The maximum absolute atomic E-state index is 8.92. The molecule has 0 radical (unpaired) electrons. The van der Waals surface area contributed by atoms with Crippen LogP contribution in [0.25, 0.3) is 0 Å². The monoisotopic (exact) mass is 256 g/mol. The highest BCUT2D eigenvalue weighted by Crippen LogP contribution is 2.40. The molecule has 0 atom stereocenters. The van der Waals surface area contributed by atoms with Crippen LogP contribution in [-0.4, -0.2) is 24.9 Å². The van der Waals surface area contributed by atoms with E-state index in [1.165, 1.54) is 0 Å². The molecular weight excluding hydrogens is 240 g/mol. The third kappa shape index (κ3) is 2.50. The molecule has 94 valence electrons. The minimum atomic E-state index is 0.175. The van der Waals surface area contributed by atoms with Gasteiger partial charge in [-0.3, -0.25) is 0 Å². The average molecular weight is 257 g/mol. The van der Waals surface area contributed by atoms with E-state index in [2.05, 4.69) is 6.92 Å². The maximum Gasteiger partial charge on any atom is 0.164 e. The minimum absolute atomic E-state index is 0.175. The van der Waals surface area contributed by atoms with Crippen molar-refractivity contribution in [1.82, 2.24) is 0 Å². The van der Waals surface area contributed by atoms with Crippen molar-refractivity contribution >= 4 is 11.6 Å². The van der Waals surface area contributed by atoms with Gasteiger partial charge in [-0.25, -0.2) is 0 Å². The molecule has 1 aliphatic rings. The Balaban J connectivity index is 2.43. The fraction of sp³-hybridized carbons (Fsp3) is 0.538. The highest BCUT2D eigenvalue weighted by atomic mass is 35.5. The second kappa shape index (κ2) is 5.61. The van der Waals surface area contributed by atoms with Crippen molar-refractivity contribution in [3.8, 4) is 11.5 Å². The molecular formula is C13H17ClO3. The summed E-state index contributed by atoms with van der Waals surface area (Å²) in [5.74, 6) is 1.57. The third-order valence-electron chi connectivity index (χ3n) is 2.93. The summed E-state index contributed by atoms with van der Waals surface area (Å²) in [5.41, 5.74) is 2.19. The Morgan fingerprint density at radius 1 is 1.29 bits per heavy atom.